The van der Waals surface area contributed by atoms with Crippen LogP contribution in [0.1, 0.15) is 27.7 Å². The number of amides is 3. The van der Waals surface area contributed by atoms with Gasteiger partial charge in [0.1, 0.15) is 6.04 Å². The van der Waals surface area contributed by atoms with E-state index in [1.807, 2.05) is 13.8 Å². The molecule has 8 heteroatoms. The molecule has 0 saturated carbocycles. The summed E-state index contributed by atoms with van der Waals surface area (Å²) in [5, 5.41) is 11.7. The van der Waals surface area contributed by atoms with Gasteiger partial charge >= 0.3 is 12.0 Å². The maximum Gasteiger partial charge on any atom is 0.327 e. The quantitative estimate of drug-likeness (QED) is 0.690. The normalized spacial score (nSPS) is 22.4. The van der Waals surface area contributed by atoms with Crippen LogP contribution < -0.4 is 11.1 Å². The van der Waals surface area contributed by atoms with Crippen LogP contribution in [0.4, 0.5) is 4.79 Å². The molecule has 0 aromatic carbocycles. The predicted molar refractivity (Wildman–Crippen MR) is 80.7 cm³/mol. The Balaban J connectivity index is 2.81. The number of carboxylic acids is 1. The van der Waals surface area contributed by atoms with Crippen LogP contribution >= 0.6 is 11.8 Å². The first-order valence-corrected chi connectivity index (χ1v) is 7.83. The van der Waals surface area contributed by atoms with Crippen molar-refractivity contribution in [2.24, 2.45) is 17.1 Å². The highest BCUT2D eigenvalue weighted by atomic mass is 32.2. The van der Waals surface area contributed by atoms with Crippen molar-refractivity contribution < 1.29 is 19.5 Å². The standard InChI is InChI=1S/C13H23N3O4S/c1-7(2)9-16(8(5-21-9)10(17)18)12(20)15-6-13(3,4)11(14)19/h7-9H,5-6H2,1-4H3,(H2,14,19)(H,15,20)(H,17,18). The monoisotopic (exact) mass is 317 g/mol. The molecular formula is C13H23N3O4S. The summed E-state index contributed by atoms with van der Waals surface area (Å²) in [7, 11) is 0. The SMILES string of the molecule is CC(C)C1SCC(C(=O)O)N1C(=O)NCC(C)(C)C(N)=O. The lowest BCUT2D eigenvalue weighted by Crippen LogP contribution is -2.53. The van der Waals surface area contributed by atoms with Gasteiger partial charge in [-0.2, -0.15) is 0 Å². The van der Waals surface area contributed by atoms with Crippen LogP contribution in [-0.4, -0.2) is 51.6 Å². The van der Waals surface area contributed by atoms with E-state index in [2.05, 4.69) is 5.32 Å². The number of nitrogens with one attached hydrogen (secondary N) is 1. The molecule has 7 nitrogen and oxygen atoms in total. The average molecular weight is 317 g/mol. The van der Waals surface area contributed by atoms with Crippen LogP contribution in [0.25, 0.3) is 0 Å². The highest BCUT2D eigenvalue weighted by molar-refractivity contribution is 8.00. The van der Waals surface area contributed by atoms with E-state index in [9.17, 15) is 19.5 Å². The molecule has 1 heterocycles. The molecule has 2 unspecified atom stereocenters. The fraction of sp³-hybridized carbons (Fsp3) is 0.769. The summed E-state index contributed by atoms with van der Waals surface area (Å²) in [6.45, 7) is 7.20. The van der Waals surface area contributed by atoms with Crippen LogP contribution in [0, 0.1) is 11.3 Å². The van der Waals surface area contributed by atoms with Crippen LogP contribution in [0.5, 0.6) is 0 Å². The van der Waals surface area contributed by atoms with Crippen molar-refractivity contribution in [3.63, 3.8) is 0 Å². The Hall–Kier alpha value is -1.44. The van der Waals surface area contributed by atoms with Gasteiger partial charge in [0.25, 0.3) is 0 Å². The van der Waals surface area contributed by atoms with E-state index >= 15 is 0 Å². The smallest absolute Gasteiger partial charge is 0.327 e. The van der Waals surface area contributed by atoms with Gasteiger partial charge in [-0.3, -0.25) is 9.69 Å². The molecule has 0 aromatic heterocycles. The summed E-state index contributed by atoms with van der Waals surface area (Å²) >= 11 is 1.46. The number of nitrogens with zero attached hydrogens (tertiary/aromatic N) is 1. The fourth-order valence-electron chi connectivity index (χ4n) is 1.96. The highest BCUT2D eigenvalue weighted by Gasteiger charge is 2.43. The molecule has 1 fully saturated rings. The Morgan fingerprint density at radius 1 is 1.43 bits per heavy atom. The molecule has 0 bridgehead atoms. The number of urea groups is 1. The summed E-state index contributed by atoms with van der Waals surface area (Å²) in [5.41, 5.74) is 4.38. The van der Waals surface area contributed by atoms with Crippen LogP contribution in [0.2, 0.25) is 0 Å². The Kier molecular flexibility index (Phi) is 5.49. The van der Waals surface area contributed by atoms with E-state index in [4.69, 9.17) is 5.73 Å². The zero-order chi connectivity index (χ0) is 16.4. The lowest BCUT2D eigenvalue weighted by Gasteiger charge is -2.31. The van der Waals surface area contributed by atoms with Crippen molar-refractivity contribution >= 4 is 29.7 Å². The molecule has 1 rings (SSSR count). The molecule has 120 valence electrons. The number of aliphatic carboxylic acids is 1. The molecule has 3 amide bonds. The van der Waals surface area contributed by atoms with Gasteiger partial charge in [-0.1, -0.05) is 13.8 Å². The Morgan fingerprint density at radius 3 is 2.43 bits per heavy atom. The zero-order valence-electron chi connectivity index (χ0n) is 12.8. The molecule has 1 aliphatic rings. The minimum Gasteiger partial charge on any atom is -0.480 e. The molecule has 2 atom stereocenters. The lowest BCUT2D eigenvalue weighted by molar-refractivity contribution is -0.141. The molecule has 0 aromatic rings. The highest BCUT2D eigenvalue weighted by Crippen LogP contribution is 2.34. The second-order valence-corrected chi connectivity index (χ2v) is 7.29. The average Bonchev–Trinajstić information content (AvgIpc) is 2.80. The van der Waals surface area contributed by atoms with Gasteiger partial charge in [0.05, 0.1) is 10.8 Å². The molecule has 21 heavy (non-hydrogen) atoms. The summed E-state index contributed by atoms with van der Waals surface area (Å²) in [6.07, 6.45) is 0. The third-order valence-corrected chi connectivity index (χ3v) is 5.09. The number of carbonyl (C=O) groups is 3. The van der Waals surface area contributed by atoms with Crippen LogP contribution in [0.3, 0.4) is 0 Å². The maximum absolute atomic E-state index is 12.3. The van der Waals surface area contributed by atoms with Crippen molar-refractivity contribution in [2.75, 3.05) is 12.3 Å². The van der Waals surface area contributed by atoms with Gasteiger partial charge in [-0.05, 0) is 19.8 Å². The van der Waals surface area contributed by atoms with E-state index in [-0.39, 0.29) is 17.8 Å². The predicted octanol–water partition coefficient (Wildman–Crippen LogP) is 0.692. The van der Waals surface area contributed by atoms with Crippen molar-refractivity contribution in [3.05, 3.63) is 0 Å². The van der Waals surface area contributed by atoms with E-state index in [1.54, 1.807) is 13.8 Å². The largest absolute Gasteiger partial charge is 0.480 e. The van der Waals surface area contributed by atoms with Crippen molar-refractivity contribution in [2.45, 2.75) is 39.1 Å². The Labute approximate surface area is 128 Å². The van der Waals surface area contributed by atoms with E-state index < -0.39 is 29.4 Å². The van der Waals surface area contributed by atoms with Crippen molar-refractivity contribution in [1.82, 2.24) is 10.2 Å². The van der Waals surface area contributed by atoms with Crippen molar-refractivity contribution in [1.29, 1.82) is 0 Å². The van der Waals surface area contributed by atoms with Gasteiger partial charge < -0.3 is 16.2 Å². The topological polar surface area (TPSA) is 113 Å². The van der Waals surface area contributed by atoms with Crippen LogP contribution in [0.15, 0.2) is 0 Å². The second-order valence-electron chi connectivity index (χ2n) is 6.14. The van der Waals surface area contributed by atoms with Gasteiger partial charge in [-0.15, -0.1) is 11.8 Å². The molecule has 0 radical (unpaired) electrons. The summed E-state index contributed by atoms with van der Waals surface area (Å²) < 4.78 is 0. The molecule has 0 spiro atoms. The number of hydrogen-bond acceptors (Lipinski definition) is 4. The van der Waals surface area contributed by atoms with E-state index in [1.165, 1.54) is 16.7 Å². The van der Waals surface area contributed by atoms with Crippen molar-refractivity contribution in [3.8, 4) is 0 Å². The first-order valence-electron chi connectivity index (χ1n) is 6.78. The number of rotatable bonds is 5. The summed E-state index contributed by atoms with van der Waals surface area (Å²) in [5.74, 6) is -1.04. The Morgan fingerprint density at radius 2 is 2.00 bits per heavy atom. The summed E-state index contributed by atoms with van der Waals surface area (Å²) in [6, 6.07) is -1.32. The van der Waals surface area contributed by atoms with Gasteiger partial charge in [0.2, 0.25) is 5.91 Å². The van der Waals surface area contributed by atoms with E-state index in [0.717, 1.165) is 0 Å². The van der Waals surface area contributed by atoms with E-state index in [0.29, 0.717) is 5.75 Å². The summed E-state index contributed by atoms with van der Waals surface area (Å²) in [4.78, 5) is 36.2. The molecule has 4 N–H and O–H groups in total. The van der Waals surface area contributed by atoms with Gasteiger partial charge in [0.15, 0.2) is 0 Å². The number of nitrogens with two attached hydrogens (primary N) is 1. The fourth-order valence-corrected chi connectivity index (χ4v) is 3.43. The molecule has 1 aliphatic heterocycles. The number of thioether (sulfide) groups is 1. The minimum atomic E-state index is -1.02. The van der Waals surface area contributed by atoms with Gasteiger partial charge in [-0.25, -0.2) is 9.59 Å². The molecule has 1 saturated heterocycles. The third kappa shape index (κ3) is 4.03. The minimum absolute atomic E-state index is 0.0689. The zero-order valence-corrected chi connectivity index (χ0v) is 13.6. The van der Waals surface area contributed by atoms with Gasteiger partial charge in [0, 0.05) is 12.3 Å². The number of primary amides is 1. The number of carboxylic acid groups (broad SMARTS) is 1. The lowest BCUT2D eigenvalue weighted by atomic mass is 9.93. The second kappa shape index (κ2) is 6.55. The Bertz CT molecular complexity index is 439. The first kappa shape index (κ1) is 17.6. The molecular weight excluding hydrogens is 294 g/mol. The maximum atomic E-state index is 12.3. The first-order chi connectivity index (χ1) is 9.58. The molecule has 0 aliphatic carbocycles. The number of carbonyl (C=O) groups excluding carboxylic acids is 2. The van der Waals surface area contributed by atoms with Crippen LogP contribution in [-0.2, 0) is 9.59 Å². The third-order valence-electron chi connectivity index (χ3n) is 3.47. The number of hydrogen-bond donors (Lipinski definition) is 3.